The molecule has 0 atom stereocenters. The standard InChI is InChI=1S/C28H26N2O5S/c1-17-11-18(2)13-22(12-17)29-28-30(3)26(31)25(36-28)15-20-7-10-23(24(14-20)34-4)35-16-19-5-8-21(9-6-19)27(32)33/h5-15H,16H2,1-4H3,(H,32,33)/b25-15-,29-28?. The summed E-state index contributed by atoms with van der Waals surface area (Å²) in [6.45, 7) is 4.30. The highest BCUT2D eigenvalue weighted by Crippen LogP contribution is 2.35. The molecule has 0 aliphatic carbocycles. The first-order valence-electron chi connectivity index (χ1n) is 11.2. The molecule has 1 fully saturated rings. The van der Waals surface area contributed by atoms with Gasteiger partial charge in [-0.25, -0.2) is 9.79 Å². The fourth-order valence-corrected chi connectivity index (χ4v) is 4.71. The number of methoxy groups -OCH3 is 1. The molecule has 1 heterocycles. The van der Waals surface area contributed by atoms with Crippen molar-refractivity contribution in [2.45, 2.75) is 20.5 Å². The normalized spacial score (nSPS) is 15.6. The summed E-state index contributed by atoms with van der Waals surface area (Å²) in [5, 5.41) is 9.65. The van der Waals surface area contributed by atoms with E-state index in [0.29, 0.717) is 21.6 Å². The van der Waals surface area contributed by atoms with Crippen LogP contribution in [0.3, 0.4) is 0 Å². The fourth-order valence-electron chi connectivity index (χ4n) is 3.73. The van der Waals surface area contributed by atoms with Gasteiger partial charge in [0.25, 0.3) is 5.91 Å². The maximum atomic E-state index is 12.9. The van der Waals surface area contributed by atoms with Crippen LogP contribution in [0, 0.1) is 13.8 Å². The fraction of sp³-hybridized carbons (Fsp3) is 0.179. The molecular formula is C28H26N2O5S. The lowest BCUT2D eigenvalue weighted by Crippen LogP contribution is -2.23. The number of carbonyl (C=O) groups excluding carboxylic acids is 1. The van der Waals surface area contributed by atoms with Gasteiger partial charge in [-0.2, -0.15) is 0 Å². The van der Waals surface area contributed by atoms with Crippen molar-refractivity contribution >= 4 is 40.6 Å². The Balaban J connectivity index is 1.50. The largest absolute Gasteiger partial charge is 0.493 e. The summed E-state index contributed by atoms with van der Waals surface area (Å²) in [7, 11) is 3.27. The van der Waals surface area contributed by atoms with E-state index in [0.717, 1.165) is 27.9 Å². The van der Waals surface area contributed by atoms with Crippen molar-refractivity contribution in [3.05, 3.63) is 93.4 Å². The number of carbonyl (C=O) groups is 2. The summed E-state index contributed by atoms with van der Waals surface area (Å²) < 4.78 is 11.4. The number of aromatic carboxylic acids is 1. The summed E-state index contributed by atoms with van der Waals surface area (Å²) in [4.78, 5) is 30.7. The maximum absolute atomic E-state index is 12.9. The minimum atomic E-state index is -0.970. The SMILES string of the molecule is COc1cc(/C=C2\SC(=Nc3cc(C)cc(C)c3)N(C)C2=O)ccc1OCc1ccc(C(=O)O)cc1. The number of aryl methyl sites for hydroxylation is 2. The van der Waals surface area contributed by atoms with Crippen LogP contribution < -0.4 is 9.47 Å². The van der Waals surface area contributed by atoms with Crippen molar-refractivity contribution in [1.82, 2.24) is 4.90 Å². The van der Waals surface area contributed by atoms with E-state index in [-0.39, 0.29) is 18.1 Å². The molecule has 8 heteroatoms. The van der Waals surface area contributed by atoms with Crippen LogP contribution >= 0.6 is 11.8 Å². The van der Waals surface area contributed by atoms with Gasteiger partial charge in [-0.3, -0.25) is 9.69 Å². The molecule has 0 saturated carbocycles. The minimum Gasteiger partial charge on any atom is -0.493 e. The van der Waals surface area contributed by atoms with Gasteiger partial charge < -0.3 is 14.6 Å². The van der Waals surface area contributed by atoms with E-state index < -0.39 is 5.97 Å². The number of amides is 1. The number of carboxylic acid groups (broad SMARTS) is 1. The van der Waals surface area contributed by atoms with E-state index in [4.69, 9.17) is 14.6 Å². The van der Waals surface area contributed by atoms with Crippen molar-refractivity contribution in [2.24, 2.45) is 4.99 Å². The van der Waals surface area contributed by atoms with E-state index in [1.54, 1.807) is 49.4 Å². The van der Waals surface area contributed by atoms with E-state index >= 15 is 0 Å². The molecule has 1 aliphatic heterocycles. The molecule has 184 valence electrons. The van der Waals surface area contributed by atoms with Crippen LogP contribution in [0.15, 0.2) is 70.6 Å². The van der Waals surface area contributed by atoms with Gasteiger partial charge in [0.05, 0.1) is 23.3 Å². The third-order valence-electron chi connectivity index (χ3n) is 5.52. The monoisotopic (exact) mass is 502 g/mol. The number of benzene rings is 3. The molecule has 4 rings (SSSR count). The maximum Gasteiger partial charge on any atom is 0.335 e. The van der Waals surface area contributed by atoms with Crippen molar-refractivity contribution in [3.63, 3.8) is 0 Å². The molecule has 1 N–H and O–H groups in total. The molecule has 36 heavy (non-hydrogen) atoms. The Kier molecular flexibility index (Phi) is 7.45. The molecule has 0 bridgehead atoms. The van der Waals surface area contributed by atoms with Crippen LogP contribution in [0.1, 0.15) is 32.6 Å². The first-order valence-corrected chi connectivity index (χ1v) is 12.0. The van der Waals surface area contributed by atoms with Crippen LogP contribution in [0.4, 0.5) is 5.69 Å². The highest BCUT2D eigenvalue weighted by molar-refractivity contribution is 8.18. The molecule has 1 saturated heterocycles. The van der Waals surface area contributed by atoms with Gasteiger partial charge in [0.15, 0.2) is 16.7 Å². The first kappa shape index (κ1) is 25.1. The summed E-state index contributed by atoms with van der Waals surface area (Å²) in [5.41, 5.74) is 4.90. The Bertz CT molecular complexity index is 1360. The summed E-state index contributed by atoms with van der Waals surface area (Å²) in [5.74, 6) is -0.0178. The molecule has 3 aromatic rings. The molecule has 1 aliphatic rings. The molecule has 0 unspecified atom stereocenters. The number of rotatable bonds is 7. The van der Waals surface area contributed by atoms with Crippen molar-refractivity contribution in [2.75, 3.05) is 14.2 Å². The van der Waals surface area contributed by atoms with Gasteiger partial charge in [-0.15, -0.1) is 0 Å². The smallest absolute Gasteiger partial charge is 0.335 e. The van der Waals surface area contributed by atoms with Crippen LogP contribution in [-0.2, 0) is 11.4 Å². The number of ether oxygens (including phenoxy) is 2. The molecule has 0 aromatic heterocycles. The summed E-state index contributed by atoms with van der Waals surface area (Å²) in [6.07, 6.45) is 1.81. The Morgan fingerprint density at radius 3 is 2.36 bits per heavy atom. The van der Waals surface area contributed by atoms with E-state index in [9.17, 15) is 9.59 Å². The van der Waals surface area contributed by atoms with Gasteiger partial charge in [0, 0.05) is 7.05 Å². The Morgan fingerprint density at radius 2 is 1.72 bits per heavy atom. The predicted molar refractivity (Wildman–Crippen MR) is 142 cm³/mol. The molecule has 0 spiro atoms. The number of likely N-dealkylation sites (N-methyl/N-ethyl adjacent to an activating group) is 1. The number of hydrogen-bond donors (Lipinski definition) is 1. The zero-order chi connectivity index (χ0) is 25.8. The number of hydrogen-bond acceptors (Lipinski definition) is 6. The second-order valence-corrected chi connectivity index (χ2v) is 9.43. The number of thioether (sulfide) groups is 1. The lowest BCUT2D eigenvalue weighted by molar-refractivity contribution is -0.121. The van der Waals surface area contributed by atoms with Crippen LogP contribution in [0.5, 0.6) is 11.5 Å². The first-order chi connectivity index (χ1) is 17.2. The molecule has 3 aromatic carbocycles. The average molecular weight is 503 g/mol. The third-order valence-corrected chi connectivity index (χ3v) is 6.58. The highest BCUT2D eigenvalue weighted by Gasteiger charge is 2.30. The minimum absolute atomic E-state index is 0.118. The highest BCUT2D eigenvalue weighted by atomic mass is 32.2. The van der Waals surface area contributed by atoms with Gasteiger partial charge >= 0.3 is 5.97 Å². The second-order valence-electron chi connectivity index (χ2n) is 8.42. The average Bonchev–Trinajstić information content (AvgIpc) is 3.10. The zero-order valence-electron chi connectivity index (χ0n) is 20.4. The molecular weight excluding hydrogens is 476 g/mol. The third kappa shape index (κ3) is 5.78. The number of amidine groups is 1. The topological polar surface area (TPSA) is 88.4 Å². The lowest BCUT2D eigenvalue weighted by Gasteiger charge is -2.12. The van der Waals surface area contributed by atoms with E-state index in [2.05, 4.69) is 11.1 Å². The van der Waals surface area contributed by atoms with Crippen LogP contribution in [0.25, 0.3) is 6.08 Å². The Morgan fingerprint density at radius 1 is 1.03 bits per heavy atom. The number of aliphatic imine (C=N–C) groups is 1. The van der Waals surface area contributed by atoms with Gasteiger partial charge in [-0.1, -0.05) is 24.3 Å². The zero-order valence-corrected chi connectivity index (χ0v) is 21.3. The Labute approximate surface area is 214 Å². The van der Waals surface area contributed by atoms with Crippen LogP contribution in [0.2, 0.25) is 0 Å². The number of carboxylic acids is 1. The van der Waals surface area contributed by atoms with Crippen LogP contribution in [-0.4, -0.2) is 41.2 Å². The number of nitrogens with zero attached hydrogens (tertiary/aromatic N) is 2. The summed E-state index contributed by atoms with van der Waals surface area (Å²) >= 11 is 1.33. The molecule has 0 radical (unpaired) electrons. The van der Waals surface area contributed by atoms with E-state index in [1.165, 1.54) is 11.8 Å². The molecule has 1 amide bonds. The van der Waals surface area contributed by atoms with Gasteiger partial charge in [-0.05, 0) is 90.3 Å². The second kappa shape index (κ2) is 10.7. The van der Waals surface area contributed by atoms with Crippen molar-refractivity contribution < 1.29 is 24.2 Å². The predicted octanol–water partition coefficient (Wildman–Crippen LogP) is 5.82. The van der Waals surface area contributed by atoms with Crippen molar-refractivity contribution in [3.8, 4) is 11.5 Å². The Hall–Kier alpha value is -4.04. The van der Waals surface area contributed by atoms with Crippen molar-refractivity contribution in [1.29, 1.82) is 0 Å². The summed E-state index contributed by atoms with van der Waals surface area (Å²) in [6, 6.07) is 18.0. The molecule has 7 nitrogen and oxygen atoms in total. The van der Waals surface area contributed by atoms with Gasteiger partial charge in [0.2, 0.25) is 0 Å². The van der Waals surface area contributed by atoms with E-state index in [1.807, 2.05) is 44.2 Å². The quantitative estimate of drug-likeness (QED) is 0.410. The lowest BCUT2D eigenvalue weighted by atomic mass is 10.1. The van der Waals surface area contributed by atoms with Gasteiger partial charge in [0.1, 0.15) is 6.61 Å².